The first-order valence-corrected chi connectivity index (χ1v) is 12.0. The van der Waals surface area contributed by atoms with Crippen LogP contribution in [-0.2, 0) is 20.7 Å². The number of aryl methyl sites for hydroxylation is 2. The maximum Gasteiger partial charge on any atom is 0.338 e. The number of thioether (sulfide) groups is 1. The number of amides is 2. The number of imide groups is 1. The van der Waals surface area contributed by atoms with E-state index < -0.39 is 11.2 Å². The fraction of sp³-hybridized carbons (Fsp3) is 0.179. The second kappa shape index (κ2) is 10.6. The number of ether oxygens (including phenoxy) is 2. The molecule has 1 heterocycles. The van der Waals surface area contributed by atoms with Crippen molar-refractivity contribution in [3.8, 4) is 11.5 Å². The fourth-order valence-electron chi connectivity index (χ4n) is 3.93. The minimum Gasteiger partial charge on any atom is -0.465 e. The first kappa shape index (κ1) is 24.3. The van der Waals surface area contributed by atoms with E-state index in [2.05, 4.69) is 11.4 Å². The molecule has 1 unspecified atom stereocenters. The Hall–Kier alpha value is -3.84. The van der Waals surface area contributed by atoms with Gasteiger partial charge in [-0.15, -0.1) is 0 Å². The summed E-state index contributed by atoms with van der Waals surface area (Å²) in [5.41, 5.74) is 5.18. The number of hydrogen-bond donors (Lipinski definition) is 1. The molecule has 0 radical (unpaired) electrons. The Kier molecular flexibility index (Phi) is 7.36. The molecule has 1 saturated heterocycles. The topological polar surface area (TPSA) is 81.7 Å². The number of carbonyl (C=O) groups excluding carboxylic acids is 3. The molecular weight excluding hydrogens is 462 g/mol. The Morgan fingerprint density at radius 1 is 0.971 bits per heavy atom. The largest absolute Gasteiger partial charge is 0.465 e. The normalized spacial score (nSPS) is 15.6. The zero-order chi connectivity index (χ0) is 24.9. The van der Waals surface area contributed by atoms with Crippen LogP contribution in [0.2, 0.25) is 0 Å². The van der Waals surface area contributed by atoms with Crippen LogP contribution in [-0.4, -0.2) is 29.5 Å². The van der Waals surface area contributed by atoms with Crippen molar-refractivity contribution in [2.24, 2.45) is 0 Å². The molecule has 3 aromatic rings. The molecule has 1 aliphatic rings. The zero-order valence-corrected chi connectivity index (χ0v) is 20.5. The number of nitrogens with one attached hydrogen (secondary N) is 1. The number of hydrogen-bond acceptors (Lipinski definition) is 6. The molecule has 1 fully saturated rings. The van der Waals surface area contributed by atoms with Gasteiger partial charge >= 0.3 is 5.97 Å². The van der Waals surface area contributed by atoms with Gasteiger partial charge in [-0.3, -0.25) is 14.9 Å². The zero-order valence-electron chi connectivity index (χ0n) is 19.7. The monoisotopic (exact) mass is 487 g/mol. The molecule has 6 nitrogen and oxygen atoms in total. The molecule has 35 heavy (non-hydrogen) atoms. The summed E-state index contributed by atoms with van der Waals surface area (Å²) in [7, 11) is 1.36. The summed E-state index contributed by atoms with van der Waals surface area (Å²) in [5.74, 6) is 0.496. The fourth-order valence-corrected chi connectivity index (χ4v) is 4.79. The number of methoxy groups -OCH3 is 1. The third-order valence-corrected chi connectivity index (χ3v) is 6.43. The molecule has 1 aliphatic heterocycles. The maximum absolute atomic E-state index is 12.6. The van der Waals surface area contributed by atoms with Gasteiger partial charge in [0.2, 0.25) is 5.91 Å². The lowest BCUT2D eigenvalue weighted by Crippen LogP contribution is -2.25. The van der Waals surface area contributed by atoms with Crippen LogP contribution < -0.4 is 10.1 Å². The predicted octanol–water partition coefficient (Wildman–Crippen LogP) is 5.70. The molecule has 0 spiro atoms. The molecule has 2 amide bonds. The molecule has 1 atom stereocenters. The van der Waals surface area contributed by atoms with Gasteiger partial charge in [0.15, 0.2) is 0 Å². The van der Waals surface area contributed by atoms with Gasteiger partial charge < -0.3 is 9.47 Å². The second-order valence-electron chi connectivity index (χ2n) is 8.33. The van der Waals surface area contributed by atoms with Gasteiger partial charge in [0.1, 0.15) is 11.5 Å². The van der Waals surface area contributed by atoms with Crippen molar-refractivity contribution in [3.63, 3.8) is 0 Å². The van der Waals surface area contributed by atoms with E-state index in [0.717, 1.165) is 34.0 Å². The van der Waals surface area contributed by atoms with Crippen LogP contribution in [0.3, 0.4) is 0 Å². The van der Waals surface area contributed by atoms with Crippen molar-refractivity contribution < 1.29 is 23.9 Å². The minimum atomic E-state index is -0.432. The van der Waals surface area contributed by atoms with E-state index in [9.17, 15) is 14.4 Å². The summed E-state index contributed by atoms with van der Waals surface area (Å²) < 4.78 is 11.1. The van der Waals surface area contributed by atoms with E-state index in [-0.39, 0.29) is 11.1 Å². The van der Waals surface area contributed by atoms with Crippen molar-refractivity contribution in [1.29, 1.82) is 0 Å². The average Bonchev–Trinajstić information content (AvgIpc) is 3.14. The number of rotatable bonds is 7. The van der Waals surface area contributed by atoms with E-state index >= 15 is 0 Å². The molecule has 1 N–H and O–H groups in total. The third kappa shape index (κ3) is 6.19. The van der Waals surface area contributed by atoms with E-state index in [1.807, 2.05) is 74.5 Å². The van der Waals surface area contributed by atoms with Crippen LogP contribution in [0.15, 0.2) is 66.7 Å². The average molecular weight is 488 g/mol. The smallest absolute Gasteiger partial charge is 0.338 e. The van der Waals surface area contributed by atoms with Crippen LogP contribution >= 0.6 is 11.8 Å². The number of esters is 1. The Morgan fingerprint density at radius 2 is 1.69 bits per heavy atom. The minimum absolute atomic E-state index is 0.257. The lowest BCUT2D eigenvalue weighted by atomic mass is 10.0. The van der Waals surface area contributed by atoms with Gasteiger partial charge in [0.25, 0.3) is 5.24 Å². The van der Waals surface area contributed by atoms with Crippen molar-refractivity contribution in [3.05, 3.63) is 94.5 Å². The first-order chi connectivity index (χ1) is 16.8. The van der Waals surface area contributed by atoms with Crippen molar-refractivity contribution in [2.75, 3.05) is 7.11 Å². The van der Waals surface area contributed by atoms with Crippen molar-refractivity contribution >= 4 is 40.5 Å². The van der Waals surface area contributed by atoms with Gasteiger partial charge in [-0.05, 0) is 67.3 Å². The molecule has 0 saturated carbocycles. The molecule has 178 valence electrons. The van der Waals surface area contributed by atoms with Crippen molar-refractivity contribution in [2.45, 2.75) is 25.5 Å². The Labute approximate surface area is 208 Å². The molecule has 0 aliphatic carbocycles. The summed E-state index contributed by atoms with van der Waals surface area (Å²) in [6.45, 7) is 4.03. The van der Waals surface area contributed by atoms with Crippen LogP contribution in [0.4, 0.5) is 4.79 Å². The summed E-state index contributed by atoms with van der Waals surface area (Å²) in [6, 6.07) is 20.8. The molecule has 7 heteroatoms. The highest BCUT2D eigenvalue weighted by atomic mass is 32.2. The lowest BCUT2D eigenvalue weighted by Gasteiger charge is -2.11. The van der Waals surface area contributed by atoms with E-state index in [1.54, 1.807) is 6.07 Å². The highest BCUT2D eigenvalue weighted by molar-refractivity contribution is 8.15. The first-order valence-electron chi connectivity index (χ1n) is 11.1. The van der Waals surface area contributed by atoms with Crippen molar-refractivity contribution in [1.82, 2.24) is 5.32 Å². The molecule has 4 rings (SSSR count). The quantitative estimate of drug-likeness (QED) is 0.261. The highest BCUT2D eigenvalue weighted by Gasteiger charge is 2.31. The Morgan fingerprint density at radius 3 is 2.31 bits per heavy atom. The van der Waals surface area contributed by atoms with Gasteiger partial charge in [0, 0.05) is 0 Å². The molecule has 0 aromatic heterocycles. The summed E-state index contributed by atoms with van der Waals surface area (Å²) in [6.07, 6.45) is 2.28. The van der Waals surface area contributed by atoms with Gasteiger partial charge in [0.05, 0.1) is 17.9 Å². The summed E-state index contributed by atoms with van der Waals surface area (Å²) in [5, 5.41) is 1.58. The Balaban J connectivity index is 1.53. The second-order valence-corrected chi connectivity index (χ2v) is 9.51. The van der Waals surface area contributed by atoms with Gasteiger partial charge in [-0.2, -0.15) is 0 Å². The van der Waals surface area contributed by atoms with Crippen LogP contribution in [0.1, 0.15) is 27.8 Å². The van der Waals surface area contributed by atoms with E-state index in [0.29, 0.717) is 29.1 Å². The third-order valence-electron chi connectivity index (χ3n) is 5.45. The van der Waals surface area contributed by atoms with Crippen LogP contribution in [0, 0.1) is 13.8 Å². The number of benzene rings is 3. The van der Waals surface area contributed by atoms with Crippen LogP contribution in [0.5, 0.6) is 11.5 Å². The summed E-state index contributed by atoms with van der Waals surface area (Å²) in [4.78, 5) is 35.7. The summed E-state index contributed by atoms with van der Waals surface area (Å²) >= 11 is 1.01. The van der Waals surface area contributed by atoms with Gasteiger partial charge in [-0.1, -0.05) is 65.4 Å². The Bertz CT molecular complexity index is 1290. The molecule has 0 bridgehead atoms. The molecular formula is C28H25NO5S. The molecule has 3 aromatic carbocycles. The maximum atomic E-state index is 12.6. The SMILES string of the molecule is COC(=O)C(=Cc1cc(C)cc(C)c1)c1cccc(Oc2ccc(CC3SC(=O)NC3=O)cc2)c1. The van der Waals surface area contributed by atoms with Crippen LogP contribution in [0.25, 0.3) is 11.6 Å². The lowest BCUT2D eigenvalue weighted by molar-refractivity contribution is -0.133. The standard InChI is InChI=1S/C28H25NO5S/c1-17-11-18(2)13-20(12-17)14-24(27(31)33-3)21-5-4-6-23(16-21)34-22-9-7-19(8-10-22)15-25-26(30)29-28(32)35-25/h4-14,16,25H,15H2,1-3H3,(H,29,30,32). The van der Waals surface area contributed by atoms with E-state index in [4.69, 9.17) is 9.47 Å². The van der Waals surface area contributed by atoms with Gasteiger partial charge in [-0.25, -0.2) is 4.79 Å². The predicted molar refractivity (Wildman–Crippen MR) is 137 cm³/mol. The number of carbonyl (C=O) groups is 3. The highest BCUT2D eigenvalue weighted by Crippen LogP contribution is 2.29. The van der Waals surface area contributed by atoms with E-state index in [1.165, 1.54) is 7.11 Å².